The van der Waals surface area contributed by atoms with E-state index in [9.17, 15) is 0 Å². The van der Waals surface area contributed by atoms with E-state index in [1.807, 2.05) is 81.6 Å². The number of benzene rings is 2. The van der Waals surface area contributed by atoms with Crippen LogP contribution in [0.15, 0.2) is 80.5 Å². The molecule has 0 aliphatic heterocycles. The Bertz CT molecular complexity index is 1220. The van der Waals surface area contributed by atoms with E-state index in [0.717, 1.165) is 56.5 Å². The molecule has 0 aliphatic rings. The fourth-order valence-corrected chi connectivity index (χ4v) is 3.52. The zero-order valence-electron chi connectivity index (χ0n) is 17.9. The van der Waals surface area contributed by atoms with Gasteiger partial charge in [-0.15, -0.1) is 0 Å². The monoisotopic (exact) mass is 555 g/mol. The quantitative estimate of drug-likeness (QED) is 0.102. The number of aromatic nitrogens is 1. The molecule has 0 saturated carbocycles. The summed E-state index contributed by atoms with van der Waals surface area (Å²) in [5, 5.41) is 13.2. The number of thioether (sulfide) groups is 1. The van der Waals surface area contributed by atoms with Crippen LogP contribution in [0, 0.1) is 10.7 Å². The number of halogens is 2. The zero-order chi connectivity index (χ0) is 24.2. The number of thiocyanates is 1. The Morgan fingerprint density at radius 3 is 1.73 bits per heavy atom. The summed E-state index contributed by atoms with van der Waals surface area (Å²) >= 11 is 5.96. The van der Waals surface area contributed by atoms with Crippen molar-refractivity contribution in [3.05, 3.63) is 72.1 Å². The molecule has 1 heterocycles. The number of aliphatic imine (C=N–C) groups is 3. The predicted molar refractivity (Wildman–Crippen MR) is 140 cm³/mol. The topological polar surface area (TPSA) is 65.8 Å². The molecular formula is C23H19Cl2FeN5S2. The molecule has 10 heteroatoms. The Kier molecular flexibility index (Phi) is 11.6. The van der Waals surface area contributed by atoms with Crippen LogP contribution < -0.4 is 0 Å². The summed E-state index contributed by atoms with van der Waals surface area (Å²) in [4.78, 5) is 14.3. The van der Waals surface area contributed by atoms with Crippen molar-refractivity contribution in [2.75, 3.05) is 0 Å². The molecule has 0 N–H and O–H groups in total. The third-order valence-corrected chi connectivity index (χ3v) is 5.17. The van der Waals surface area contributed by atoms with Gasteiger partial charge in [0.05, 0.1) is 45.0 Å². The van der Waals surface area contributed by atoms with E-state index in [1.54, 1.807) is 0 Å². The summed E-state index contributed by atoms with van der Waals surface area (Å²) in [6, 6.07) is 19.2. The molecule has 33 heavy (non-hydrogen) atoms. The first kappa shape index (κ1) is 27.0. The molecule has 0 saturated heterocycles. The first-order chi connectivity index (χ1) is 15.9. The fraction of sp³-hybridized carbons (Fsp3) is 0.130. The van der Waals surface area contributed by atoms with E-state index >= 15 is 0 Å². The van der Waals surface area contributed by atoms with Crippen molar-refractivity contribution in [2.45, 2.75) is 18.7 Å². The van der Waals surface area contributed by atoms with Crippen LogP contribution in [-0.4, -0.2) is 21.2 Å². The van der Waals surface area contributed by atoms with Crippen LogP contribution in [-0.2, 0) is 20.2 Å². The van der Waals surface area contributed by atoms with Crippen molar-refractivity contribution in [2.24, 2.45) is 22.0 Å². The van der Waals surface area contributed by atoms with Gasteiger partial charge in [-0.25, -0.2) is 0 Å². The van der Waals surface area contributed by atoms with Crippen molar-refractivity contribution in [3.8, 4) is 5.40 Å². The van der Waals surface area contributed by atoms with Gasteiger partial charge in [0, 0.05) is 11.9 Å². The molecule has 2 aromatic carbocycles. The summed E-state index contributed by atoms with van der Waals surface area (Å²) in [5.41, 5.74) is 6.29. The van der Waals surface area contributed by atoms with E-state index in [4.69, 9.17) is 35.4 Å². The Labute approximate surface area is 217 Å². The fourth-order valence-electron chi connectivity index (χ4n) is 3.04. The molecule has 0 aliphatic carbocycles. The van der Waals surface area contributed by atoms with Crippen molar-refractivity contribution >= 4 is 77.8 Å². The molecule has 0 radical (unpaired) electrons. The Morgan fingerprint density at radius 2 is 1.30 bits per heavy atom. The third kappa shape index (κ3) is 8.26. The van der Waals surface area contributed by atoms with Crippen LogP contribution in [0.25, 0.3) is 0 Å². The molecule has 5 nitrogen and oxygen atoms in total. The van der Waals surface area contributed by atoms with Gasteiger partial charge in [0.15, 0.2) is 0 Å². The summed E-state index contributed by atoms with van der Waals surface area (Å²) in [5.74, 6) is 0. The molecule has 1 aromatic heterocycles. The SMILES string of the molecule is CC(=Nc1ccc(N=C=S)cc1)c1ccc(C(C)=Nc2ccc(SC#N)cc2)n1C.[Cl][Fe][Cl]. The molecule has 3 rings (SSSR count). The van der Waals surface area contributed by atoms with Gasteiger partial charge in [-0.2, -0.15) is 10.3 Å². The van der Waals surface area contributed by atoms with E-state index in [0.29, 0.717) is 0 Å². The number of thiocarbonyl (C=S) groups is 1. The second-order valence-corrected chi connectivity index (χ2v) is 9.38. The van der Waals surface area contributed by atoms with Gasteiger partial charge in [0.2, 0.25) is 0 Å². The molecule has 0 fully saturated rings. The number of hydrogen-bond donors (Lipinski definition) is 0. The first-order valence-electron chi connectivity index (χ1n) is 9.39. The van der Waals surface area contributed by atoms with E-state index < -0.39 is 0 Å². The number of nitriles is 1. The van der Waals surface area contributed by atoms with Crippen LogP contribution in [0.5, 0.6) is 0 Å². The van der Waals surface area contributed by atoms with Crippen molar-refractivity contribution < 1.29 is 13.1 Å². The number of hydrogen-bond acceptors (Lipinski definition) is 6. The molecule has 0 amide bonds. The van der Waals surface area contributed by atoms with Gasteiger partial charge in [0.1, 0.15) is 5.40 Å². The van der Waals surface area contributed by atoms with E-state index in [1.165, 1.54) is 0 Å². The molecular weight excluding hydrogens is 537 g/mol. The van der Waals surface area contributed by atoms with Crippen molar-refractivity contribution in [1.82, 2.24) is 4.57 Å². The second kappa shape index (κ2) is 14.1. The first-order valence-corrected chi connectivity index (χ1v) is 13.7. The standard InChI is InChI=1S/C23H19N5S2.2ClH.Fe/c1-16(26-19-6-4-18(5-7-19)25-15-29)22-12-13-23(28(22)3)17(2)27-20-8-10-21(11-9-20)30-14-24;;;/h4-13H,1-3H3;2*1H;/q;;;+2/p-2. The Balaban J connectivity index is 0.00000122. The van der Waals surface area contributed by atoms with E-state index in [-0.39, 0.29) is 13.1 Å². The molecule has 0 bridgehead atoms. The van der Waals surface area contributed by atoms with Crippen molar-refractivity contribution in [1.29, 1.82) is 5.26 Å². The van der Waals surface area contributed by atoms with Gasteiger partial charge in [-0.1, -0.05) is 0 Å². The van der Waals surface area contributed by atoms with Crippen LogP contribution in [0.3, 0.4) is 0 Å². The van der Waals surface area contributed by atoms with Gasteiger partial charge in [-0.3, -0.25) is 9.98 Å². The molecule has 0 unspecified atom stereocenters. The van der Waals surface area contributed by atoms with Gasteiger partial charge in [0.25, 0.3) is 0 Å². The number of nitrogens with zero attached hydrogens (tertiary/aromatic N) is 5. The van der Waals surface area contributed by atoms with Crippen LogP contribution >= 0.6 is 44.2 Å². The van der Waals surface area contributed by atoms with E-state index in [2.05, 4.69) is 32.3 Å². The zero-order valence-corrected chi connectivity index (χ0v) is 22.2. The maximum absolute atomic E-state index is 8.75. The van der Waals surface area contributed by atoms with Gasteiger partial charge < -0.3 is 4.57 Å². The normalized spacial score (nSPS) is 11.3. The van der Waals surface area contributed by atoms with Crippen LogP contribution in [0.2, 0.25) is 0 Å². The van der Waals surface area contributed by atoms with Crippen LogP contribution in [0.4, 0.5) is 17.1 Å². The molecule has 3 aromatic rings. The molecule has 0 atom stereocenters. The summed E-state index contributed by atoms with van der Waals surface area (Å²) in [6.45, 7) is 3.97. The number of rotatable bonds is 6. The molecule has 170 valence electrons. The second-order valence-electron chi connectivity index (χ2n) is 6.51. The Morgan fingerprint density at radius 1 is 0.879 bits per heavy atom. The summed E-state index contributed by atoms with van der Waals surface area (Å²) < 4.78 is 2.09. The van der Waals surface area contributed by atoms with Gasteiger partial charge >= 0.3 is 33.3 Å². The minimum absolute atomic E-state index is 0.194. The average molecular weight is 556 g/mol. The Hall–Kier alpha value is -2.20. The summed E-state index contributed by atoms with van der Waals surface area (Å²) in [7, 11) is 11.5. The van der Waals surface area contributed by atoms with Crippen LogP contribution in [0.1, 0.15) is 25.2 Å². The average Bonchev–Trinajstić information content (AvgIpc) is 3.19. The van der Waals surface area contributed by atoms with Gasteiger partial charge in [-0.05, 0) is 98.5 Å². The predicted octanol–water partition coefficient (Wildman–Crippen LogP) is 7.99. The summed E-state index contributed by atoms with van der Waals surface area (Å²) in [6.07, 6.45) is 0. The third-order valence-electron chi connectivity index (χ3n) is 4.48. The minimum atomic E-state index is 0.194. The maximum atomic E-state index is 8.75. The number of isothiocyanates is 1. The molecule has 0 spiro atoms. The van der Waals surface area contributed by atoms with Crippen molar-refractivity contribution in [3.63, 3.8) is 0 Å².